The number of carbonyl (C=O) groups is 3. The molecular formula is C39H42BrN7O17S. The summed E-state index contributed by atoms with van der Waals surface area (Å²) in [6, 6.07) is 23.0. The largest absolute Gasteiger partial charge is 0.478 e. The number of benzene rings is 5. The fraction of sp³-hybridized carbons (Fsp3) is 0.128. The summed E-state index contributed by atoms with van der Waals surface area (Å²) in [5.41, 5.74) is 20.9. The third kappa shape index (κ3) is 22.0. The van der Waals surface area contributed by atoms with Crippen LogP contribution in [0.2, 0.25) is 0 Å². The Morgan fingerprint density at radius 3 is 1.31 bits per heavy atom. The number of carboxylic acid groups (broad SMARTS) is 3. The van der Waals surface area contributed by atoms with E-state index in [1.807, 2.05) is 13.8 Å². The molecule has 348 valence electrons. The zero-order chi connectivity index (χ0) is 49.8. The third-order valence-corrected chi connectivity index (χ3v) is 8.29. The summed E-state index contributed by atoms with van der Waals surface area (Å²) in [4.78, 5) is 60.9. The first kappa shape index (κ1) is 59.0. The molecule has 24 nitrogen and oxygen atoms in total. The van der Waals surface area contributed by atoms with Crippen molar-refractivity contribution in [3.8, 4) is 6.07 Å². The topological polar surface area (TPSA) is 449 Å². The Balaban J connectivity index is 0. The second kappa shape index (κ2) is 27.1. The third-order valence-electron chi connectivity index (χ3n) is 7.43. The van der Waals surface area contributed by atoms with Gasteiger partial charge in [0.1, 0.15) is 22.9 Å². The molecule has 0 saturated heterocycles. The van der Waals surface area contributed by atoms with Crippen LogP contribution in [0.25, 0.3) is 0 Å². The van der Waals surface area contributed by atoms with Crippen molar-refractivity contribution in [2.24, 2.45) is 0 Å². The number of nitrogens with two attached hydrogens (primary N) is 3. The quantitative estimate of drug-likeness (QED) is 0.0379. The highest BCUT2D eigenvalue weighted by Gasteiger charge is 2.19. The summed E-state index contributed by atoms with van der Waals surface area (Å²) < 4.78 is 32.3. The minimum atomic E-state index is -4.67. The summed E-state index contributed by atoms with van der Waals surface area (Å²) in [5, 5.41) is 65.5. The monoisotopic (exact) mass is 991 g/mol. The molecule has 0 aliphatic rings. The molecule has 0 spiro atoms. The molecule has 0 unspecified atom stereocenters. The van der Waals surface area contributed by atoms with Crippen LogP contribution in [-0.4, -0.2) is 71.0 Å². The first-order chi connectivity index (χ1) is 29.4. The average Bonchev–Trinajstić information content (AvgIpc) is 3.17. The van der Waals surface area contributed by atoms with Gasteiger partial charge in [-0.1, -0.05) is 40.2 Å². The molecule has 0 aliphatic heterocycles. The minimum Gasteiger partial charge on any atom is -0.478 e. The van der Waals surface area contributed by atoms with Crippen molar-refractivity contribution in [2.75, 3.05) is 17.2 Å². The summed E-state index contributed by atoms with van der Waals surface area (Å²) in [7, 11) is -4.67. The molecular weight excluding hydrogens is 950 g/mol. The molecule has 5 aromatic carbocycles. The van der Waals surface area contributed by atoms with Gasteiger partial charge in [0.25, 0.3) is 17.1 Å². The van der Waals surface area contributed by atoms with Gasteiger partial charge in [-0.15, -0.1) is 0 Å². The fourth-order valence-corrected chi connectivity index (χ4v) is 4.78. The molecule has 5 rings (SSSR count). The zero-order valence-corrected chi connectivity index (χ0v) is 37.0. The van der Waals surface area contributed by atoms with Gasteiger partial charge in [0.2, 0.25) is 0 Å². The van der Waals surface area contributed by atoms with E-state index in [2.05, 4.69) is 15.9 Å². The Kier molecular flexibility index (Phi) is 24.6. The number of hydrogen-bond acceptors (Lipinski definition) is 15. The lowest BCUT2D eigenvalue weighted by atomic mass is 10.1. The van der Waals surface area contributed by atoms with Crippen molar-refractivity contribution >= 4 is 78.4 Å². The predicted molar refractivity (Wildman–Crippen MR) is 240 cm³/mol. The van der Waals surface area contributed by atoms with E-state index >= 15 is 0 Å². The van der Waals surface area contributed by atoms with Gasteiger partial charge in [-0.05, 0) is 105 Å². The van der Waals surface area contributed by atoms with Crippen molar-refractivity contribution in [3.63, 3.8) is 0 Å². The van der Waals surface area contributed by atoms with Gasteiger partial charge in [-0.2, -0.15) is 13.7 Å². The van der Waals surface area contributed by atoms with E-state index in [1.165, 1.54) is 54.6 Å². The van der Waals surface area contributed by atoms with Crippen molar-refractivity contribution in [1.82, 2.24) is 0 Å². The van der Waals surface area contributed by atoms with Gasteiger partial charge in [0.05, 0.1) is 25.9 Å². The molecule has 13 N–H and O–H groups in total. The van der Waals surface area contributed by atoms with Gasteiger partial charge in [0, 0.05) is 34.0 Å². The van der Waals surface area contributed by atoms with Crippen LogP contribution in [0.15, 0.2) is 89.4 Å². The van der Waals surface area contributed by atoms with Crippen LogP contribution in [0.1, 0.15) is 64.5 Å². The number of nitro benzene ring substituents is 3. The number of aromatic carboxylic acids is 3. The summed E-state index contributed by atoms with van der Waals surface area (Å²) in [5.74, 6) is -3.28. The van der Waals surface area contributed by atoms with E-state index in [1.54, 1.807) is 57.2 Å². The Morgan fingerprint density at radius 1 is 0.569 bits per heavy atom. The highest BCUT2D eigenvalue weighted by molar-refractivity contribution is 9.10. The highest BCUT2D eigenvalue weighted by Crippen LogP contribution is 2.24. The van der Waals surface area contributed by atoms with Crippen LogP contribution in [-0.2, 0) is 10.4 Å². The maximum absolute atomic E-state index is 10.6. The molecule has 0 aliphatic carbocycles. The molecule has 0 radical (unpaired) electrons. The van der Waals surface area contributed by atoms with Crippen LogP contribution >= 0.6 is 15.9 Å². The second-order valence-electron chi connectivity index (χ2n) is 12.6. The first-order valence-electron chi connectivity index (χ1n) is 17.1. The van der Waals surface area contributed by atoms with E-state index < -0.39 is 43.1 Å². The van der Waals surface area contributed by atoms with E-state index in [0.717, 1.165) is 26.7 Å². The van der Waals surface area contributed by atoms with Gasteiger partial charge >= 0.3 is 28.3 Å². The van der Waals surface area contributed by atoms with Crippen LogP contribution in [0.5, 0.6) is 0 Å². The summed E-state index contributed by atoms with van der Waals surface area (Å²) in [6.45, 7) is 8.91. The Morgan fingerprint density at radius 2 is 0.923 bits per heavy atom. The highest BCUT2D eigenvalue weighted by atomic mass is 79.9. The smallest absolute Gasteiger partial charge is 0.394 e. The van der Waals surface area contributed by atoms with Crippen molar-refractivity contribution in [3.05, 3.63) is 170 Å². The molecule has 5 aromatic rings. The molecule has 65 heavy (non-hydrogen) atoms. The van der Waals surface area contributed by atoms with E-state index in [-0.39, 0.29) is 50.5 Å². The van der Waals surface area contributed by atoms with Crippen LogP contribution < -0.4 is 17.2 Å². The predicted octanol–water partition coefficient (Wildman–Crippen LogP) is 6.70. The number of nitrogens with zero attached hydrogens (tertiary/aromatic N) is 4. The molecule has 0 atom stereocenters. The first-order valence-corrected chi connectivity index (χ1v) is 19.3. The van der Waals surface area contributed by atoms with Crippen LogP contribution in [0.4, 0.5) is 34.1 Å². The number of carboxylic acids is 3. The maximum atomic E-state index is 10.6. The summed E-state index contributed by atoms with van der Waals surface area (Å²) in [6.07, 6.45) is 0. The number of nitriles is 1. The molecule has 0 bridgehead atoms. The summed E-state index contributed by atoms with van der Waals surface area (Å²) >= 11 is 3.23. The van der Waals surface area contributed by atoms with Gasteiger partial charge < -0.3 is 38.0 Å². The Labute approximate surface area is 377 Å². The second-order valence-corrected chi connectivity index (χ2v) is 14.4. The molecule has 26 heteroatoms. The van der Waals surface area contributed by atoms with Crippen molar-refractivity contribution in [2.45, 2.75) is 34.6 Å². The number of rotatable bonds is 6. The Bertz CT molecular complexity index is 2700. The average molecular weight is 993 g/mol. The molecule has 0 amide bonds. The SMILES string of the molecule is Cc1cc(N)c(C(=O)O)cc1Br.Cc1ccc(C#N)c([N+](=O)[O-])c1.Cc1ccc(C(=O)O)c(N)c1.Cc1ccc(C(=O)O)c([N+](=O)[O-])c1.Cc1ccc(N)c([N+](=O)[O-])c1.O.O=S(=O)(O)O. The number of anilines is 3. The number of nitrogen functional groups attached to an aromatic ring is 3. The maximum Gasteiger partial charge on any atom is 0.394 e. The zero-order valence-electron chi connectivity index (χ0n) is 34.6. The van der Waals surface area contributed by atoms with Gasteiger partial charge in [-0.25, -0.2) is 14.4 Å². The molecule has 0 aromatic heterocycles. The molecule has 0 saturated carbocycles. The van der Waals surface area contributed by atoms with E-state index in [0.29, 0.717) is 16.9 Å². The number of aryl methyl sites for hydroxylation is 5. The van der Waals surface area contributed by atoms with Crippen LogP contribution in [0, 0.1) is 76.3 Å². The molecule has 0 heterocycles. The fourth-order valence-electron chi connectivity index (χ4n) is 4.44. The lowest BCUT2D eigenvalue weighted by Gasteiger charge is -2.03. The molecule has 0 fully saturated rings. The van der Waals surface area contributed by atoms with Crippen molar-refractivity contribution in [1.29, 1.82) is 5.26 Å². The number of nitro groups is 3. The minimum absolute atomic E-state index is 0. The lowest BCUT2D eigenvalue weighted by molar-refractivity contribution is -0.385. The van der Waals surface area contributed by atoms with Gasteiger partial charge in [-0.3, -0.25) is 39.4 Å². The number of halogens is 1. The number of hydrogen-bond donors (Lipinski definition) is 8. The van der Waals surface area contributed by atoms with Crippen molar-refractivity contribution < 1.29 is 67.5 Å². The van der Waals surface area contributed by atoms with Crippen LogP contribution in [0.3, 0.4) is 0 Å². The van der Waals surface area contributed by atoms with Gasteiger partial charge in [0.15, 0.2) is 0 Å². The lowest BCUT2D eigenvalue weighted by Crippen LogP contribution is -2.02. The normalized spacial score (nSPS) is 9.52. The van der Waals surface area contributed by atoms with E-state index in [4.69, 9.17) is 55.3 Å². The standard InChI is InChI=1S/C8H8BrNO2.C8H6N2O2.C8H7NO4.C8H9NO2.C7H8N2O2.H2O4S.H2O/c1-4-2-7(10)5(8(11)12)3-6(4)9;1-6-2-3-7(5-9)8(4-6)10(11)12;1-5-2-3-6(8(10)11)7(4-5)9(12)13;1-5-2-3-6(8(10)11)7(9)4-5;1-5-2-3-6(8)7(4-5)9(10)11;1-5(2,3)4;/h2-3H,10H2,1H3,(H,11,12);2-4H,1H3;2-4H,1H3,(H,10,11);2-4H,9H2,1H3,(H,10,11);2-4H,8H2,1H3;(H2,1,2,3,4);1H2. The Hall–Kier alpha value is -8.09. The van der Waals surface area contributed by atoms with E-state index in [9.17, 15) is 44.7 Å².